The van der Waals surface area contributed by atoms with Gasteiger partial charge in [-0.05, 0) is 80.8 Å². The van der Waals surface area contributed by atoms with Crippen molar-refractivity contribution in [1.29, 1.82) is 0 Å². The Morgan fingerprint density at radius 1 is 0.744 bits per heavy atom. The van der Waals surface area contributed by atoms with Gasteiger partial charge in [-0.3, -0.25) is 9.98 Å². The molecule has 0 unspecified atom stereocenters. The van der Waals surface area contributed by atoms with E-state index in [-0.39, 0.29) is 0 Å². The lowest BCUT2D eigenvalue weighted by molar-refractivity contribution is 1.01. The summed E-state index contributed by atoms with van der Waals surface area (Å²) in [5.41, 5.74) is 10.5. The first kappa shape index (κ1) is 24.5. The Morgan fingerprint density at radius 2 is 1.56 bits per heavy atom. The monoisotopic (exact) mass is 502 g/mol. The molecule has 1 aliphatic rings. The average molecular weight is 503 g/mol. The van der Waals surface area contributed by atoms with Gasteiger partial charge in [0.25, 0.3) is 0 Å². The number of hydrogen-bond donors (Lipinski definition) is 0. The average Bonchev–Trinajstić information content (AvgIpc) is 3.01. The molecular formula is C37H30N2. The van der Waals surface area contributed by atoms with E-state index in [9.17, 15) is 0 Å². The maximum atomic E-state index is 4.68. The summed E-state index contributed by atoms with van der Waals surface area (Å²) in [4.78, 5) is 9.34. The molecule has 0 bridgehead atoms. The van der Waals surface area contributed by atoms with E-state index in [4.69, 9.17) is 0 Å². The fourth-order valence-electron chi connectivity index (χ4n) is 5.52. The molecule has 0 fully saturated rings. The molecule has 2 nitrogen and oxygen atoms in total. The van der Waals surface area contributed by atoms with Crippen LogP contribution in [0.4, 0.5) is 0 Å². The van der Waals surface area contributed by atoms with Crippen LogP contribution in [-0.2, 0) is 0 Å². The van der Waals surface area contributed by atoms with Crippen molar-refractivity contribution in [1.82, 2.24) is 4.98 Å². The number of benzene rings is 4. The fraction of sp³-hybridized carbons (Fsp3) is 0.0811. The quantitative estimate of drug-likeness (QED) is 0.161. The number of pyridine rings is 1. The zero-order chi connectivity index (χ0) is 26.6. The summed E-state index contributed by atoms with van der Waals surface area (Å²) in [5.74, 6) is 0. The zero-order valence-corrected chi connectivity index (χ0v) is 22.0. The van der Waals surface area contributed by atoms with Crippen LogP contribution in [-0.4, -0.2) is 17.7 Å². The molecular weight excluding hydrogens is 472 g/mol. The standard InChI is InChI=1S/C37H30N2/c1-3-32-33(4-2)37-35(17-10-20-39-37)34-19-18-31(23-36(32)34)30-16-9-15-29(22-30)28-14-8-13-27(21-28)25-38-24-26-11-6-5-7-12-26/h3-7,9-13,15-24H,1-2,8,14,25H2. The molecule has 0 aliphatic heterocycles. The van der Waals surface area contributed by atoms with E-state index in [1.54, 1.807) is 0 Å². The van der Waals surface area contributed by atoms with Crippen molar-refractivity contribution in [2.45, 2.75) is 12.8 Å². The van der Waals surface area contributed by atoms with E-state index in [1.165, 1.54) is 38.6 Å². The third-order valence-electron chi connectivity index (χ3n) is 7.42. The van der Waals surface area contributed by atoms with Gasteiger partial charge in [0.05, 0.1) is 12.1 Å². The number of rotatable bonds is 7. The van der Waals surface area contributed by atoms with Crippen LogP contribution >= 0.6 is 0 Å². The van der Waals surface area contributed by atoms with Crippen LogP contribution in [0.15, 0.2) is 127 Å². The Morgan fingerprint density at radius 3 is 2.41 bits per heavy atom. The molecule has 1 aliphatic carbocycles. The van der Waals surface area contributed by atoms with Crippen LogP contribution < -0.4 is 0 Å². The minimum atomic E-state index is 0.696. The number of fused-ring (bicyclic) bond motifs is 3. The lowest BCUT2D eigenvalue weighted by Crippen LogP contribution is -1.96. The molecule has 0 saturated carbocycles. The molecule has 2 heteroatoms. The predicted octanol–water partition coefficient (Wildman–Crippen LogP) is 9.56. The first-order valence-electron chi connectivity index (χ1n) is 13.4. The smallest absolute Gasteiger partial charge is 0.0786 e. The van der Waals surface area contributed by atoms with Gasteiger partial charge in [0.15, 0.2) is 0 Å². The second-order valence-corrected chi connectivity index (χ2v) is 9.84. The maximum absolute atomic E-state index is 4.68. The van der Waals surface area contributed by atoms with Crippen LogP contribution in [0, 0.1) is 0 Å². The topological polar surface area (TPSA) is 25.2 Å². The third-order valence-corrected chi connectivity index (χ3v) is 7.42. The summed E-state index contributed by atoms with van der Waals surface area (Å²) < 4.78 is 0. The number of aliphatic imine (C=N–C) groups is 1. The molecule has 6 rings (SSSR count). The third kappa shape index (κ3) is 4.89. The molecule has 1 heterocycles. The molecule has 1 aromatic heterocycles. The zero-order valence-electron chi connectivity index (χ0n) is 22.0. The minimum Gasteiger partial charge on any atom is -0.288 e. The second kappa shape index (κ2) is 10.9. The highest BCUT2D eigenvalue weighted by Crippen LogP contribution is 2.36. The molecule has 188 valence electrons. The van der Waals surface area contributed by atoms with Gasteiger partial charge in [-0.2, -0.15) is 0 Å². The van der Waals surface area contributed by atoms with E-state index < -0.39 is 0 Å². The van der Waals surface area contributed by atoms with Gasteiger partial charge in [-0.15, -0.1) is 0 Å². The number of allylic oxidation sites excluding steroid dienone is 2. The summed E-state index contributed by atoms with van der Waals surface area (Å²) >= 11 is 0. The normalized spacial score (nSPS) is 13.4. The second-order valence-electron chi connectivity index (χ2n) is 9.84. The molecule has 5 aromatic rings. The SMILES string of the molecule is C=Cc1c(C=C)c2ncccc2c2ccc(-c3cccc(C4=CC(CN=Cc5ccccc5)=CCC4)c3)cc12. The van der Waals surface area contributed by atoms with E-state index in [1.807, 2.05) is 48.8 Å². The fourth-order valence-corrected chi connectivity index (χ4v) is 5.52. The van der Waals surface area contributed by atoms with Gasteiger partial charge in [-0.25, -0.2) is 0 Å². The Kier molecular flexibility index (Phi) is 6.84. The molecule has 39 heavy (non-hydrogen) atoms. The van der Waals surface area contributed by atoms with Crippen molar-refractivity contribution in [3.8, 4) is 11.1 Å². The summed E-state index contributed by atoms with van der Waals surface area (Å²) in [6, 6.07) is 30.0. The Hall–Kier alpha value is -4.82. The first-order valence-corrected chi connectivity index (χ1v) is 13.4. The van der Waals surface area contributed by atoms with Crippen LogP contribution in [0.25, 0.3) is 50.5 Å². The Bertz CT molecular complexity index is 1800. The maximum Gasteiger partial charge on any atom is 0.0786 e. The summed E-state index contributed by atoms with van der Waals surface area (Å²) in [6.45, 7) is 8.89. The summed E-state index contributed by atoms with van der Waals surface area (Å²) in [5, 5.41) is 3.48. The van der Waals surface area contributed by atoms with Crippen LogP contribution in [0.1, 0.15) is 35.1 Å². The lowest BCUT2D eigenvalue weighted by Gasteiger charge is -2.16. The van der Waals surface area contributed by atoms with Crippen molar-refractivity contribution < 1.29 is 0 Å². The molecule has 4 aromatic carbocycles. The van der Waals surface area contributed by atoms with E-state index in [0.717, 1.165) is 40.4 Å². The van der Waals surface area contributed by atoms with Crippen LogP contribution in [0.2, 0.25) is 0 Å². The largest absolute Gasteiger partial charge is 0.288 e. The molecule has 0 amide bonds. The highest BCUT2D eigenvalue weighted by Gasteiger charge is 2.14. The van der Waals surface area contributed by atoms with Crippen LogP contribution in [0.3, 0.4) is 0 Å². The van der Waals surface area contributed by atoms with Crippen molar-refractivity contribution in [2.75, 3.05) is 6.54 Å². The van der Waals surface area contributed by atoms with Gasteiger partial charge >= 0.3 is 0 Å². The van der Waals surface area contributed by atoms with Crippen molar-refractivity contribution >= 4 is 45.6 Å². The van der Waals surface area contributed by atoms with E-state index in [2.05, 4.69) is 95.9 Å². The summed E-state index contributed by atoms with van der Waals surface area (Å²) in [7, 11) is 0. The lowest BCUT2D eigenvalue weighted by atomic mass is 9.89. The van der Waals surface area contributed by atoms with Gasteiger partial charge in [0.1, 0.15) is 0 Å². The van der Waals surface area contributed by atoms with Gasteiger partial charge in [0, 0.05) is 23.4 Å². The van der Waals surface area contributed by atoms with E-state index >= 15 is 0 Å². The van der Waals surface area contributed by atoms with Crippen LogP contribution in [0.5, 0.6) is 0 Å². The number of aromatic nitrogens is 1. The van der Waals surface area contributed by atoms with Gasteiger partial charge in [-0.1, -0.05) is 104 Å². The van der Waals surface area contributed by atoms with Crippen molar-refractivity contribution in [2.24, 2.45) is 4.99 Å². The molecule has 0 N–H and O–H groups in total. The van der Waals surface area contributed by atoms with Crippen molar-refractivity contribution in [3.05, 3.63) is 144 Å². The predicted molar refractivity (Wildman–Crippen MR) is 169 cm³/mol. The van der Waals surface area contributed by atoms with Gasteiger partial charge in [0.2, 0.25) is 0 Å². The van der Waals surface area contributed by atoms with Gasteiger partial charge < -0.3 is 0 Å². The number of nitrogens with zero attached hydrogens (tertiary/aromatic N) is 2. The highest BCUT2D eigenvalue weighted by atomic mass is 14.7. The molecule has 0 atom stereocenters. The molecule has 0 saturated heterocycles. The minimum absolute atomic E-state index is 0.696. The van der Waals surface area contributed by atoms with Crippen molar-refractivity contribution in [3.63, 3.8) is 0 Å². The molecule has 0 radical (unpaired) electrons. The highest BCUT2D eigenvalue weighted by molar-refractivity contribution is 6.14. The van der Waals surface area contributed by atoms with E-state index in [0.29, 0.717) is 6.54 Å². The molecule has 0 spiro atoms. The Balaban J connectivity index is 1.34. The first-order chi connectivity index (χ1) is 19.2. The number of hydrogen-bond acceptors (Lipinski definition) is 2. The summed E-state index contributed by atoms with van der Waals surface area (Å²) in [6.07, 6.45) is 14.3. The Labute approximate surface area is 230 Å².